The van der Waals surface area contributed by atoms with E-state index in [1.807, 2.05) is 0 Å². The van der Waals surface area contributed by atoms with Crippen molar-refractivity contribution < 1.29 is 19.5 Å². The van der Waals surface area contributed by atoms with Crippen LogP contribution in [0.4, 0.5) is 0 Å². The van der Waals surface area contributed by atoms with E-state index in [1.54, 1.807) is 6.07 Å². The summed E-state index contributed by atoms with van der Waals surface area (Å²) in [5.41, 5.74) is 4.93. The molecule has 0 unspecified atom stereocenters. The Morgan fingerprint density at radius 2 is 2.11 bits per heavy atom. The molecule has 2 amide bonds. The maximum absolute atomic E-state index is 11.7. The number of nitrogens with one attached hydrogen (secondary N) is 1. The number of carboxylic acids is 1. The van der Waals surface area contributed by atoms with Crippen LogP contribution in [0.15, 0.2) is 12.1 Å². The van der Waals surface area contributed by atoms with Gasteiger partial charge in [-0.15, -0.1) is 11.3 Å². The van der Waals surface area contributed by atoms with E-state index in [9.17, 15) is 14.4 Å². The summed E-state index contributed by atoms with van der Waals surface area (Å²) in [5, 5.41) is 11.2. The second-order valence-electron chi connectivity index (χ2n) is 3.47. The van der Waals surface area contributed by atoms with Crippen molar-refractivity contribution >= 4 is 40.7 Å². The Morgan fingerprint density at radius 1 is 1.44 bits per heavy atom. The van der Waals surface area contributed by atoms with Gasteiger partial charge in [-0.25, -0.2) is 4.79 Å². The van der Waals surface area contributed by atoms with Crippen molar-refractivity contribution in [3.63, 3.8) is 0 Å². The van der Waals surface area contributed by atoms with Gasteiger partial charge in [0.05, 0.1) is 9.21 Å². The first-order valence-electron chi connectivity index (χ1n) is 4.97. The smallest absolute Gasteiger partial charge is 0.326 e. The second kappa shape index (κ2) is 6.36. The van der Waals surface area contributed by atoms with E-state index in [4.69, 9.17) is 22.4 Å². The molecule has 98 valence electrons. The minimum atomic E-state index is -1.22. The quantitative estimate of drug-likeness (QED) is 0.721. The topological polar surface area (TPSA) is 109 Å². The summed E-state index contributed by atoms with van der Waals surface area (Å²) in [6.45, 7) is 0. The van der Waals surface area contributed by atoms with Gasteiger partial charge < -0.3 is 16.2 Å². The number of carbonyl (C=O) groups excluding carboxylic acids is 2. The lowest BCUT2D eigenvalue weighted by atomic mass is 10.1. The molecule has 0 radical (unpaired) electrons. The predicted octanol–water partition coefficient (Wildman–Crippen LogP) is 0.850. The Bertz CT molecular complexity index is 474. The van der Waals surface area contributed by atoms with Gasteiger partial charge in [0.15, 0.2) is 0 Å². The lowest BCUT2D eigenvalue weighted by Gasteiger charge is -2.12. The highest BCUT2D eigenvalue weighted by molar-refractivity contribution is 7.18. The molecule has 0 aliphatic carbocycles. The third-order valence-electron chi connectivity index (χ3n) is 2.08. The fourth-order valence-corrected chi connectivity index (χ4v) is 2.16. The molecule has 0 spiro atoms. The molecule has 1 aromatic rings. The number of hydrogen-bond acceptors (Lipinski definition) is 4. The van der Waals surface area contributed by atoms with Gasteiger partial charge in [-0.05, 0) is 18.6 Å². The SMILES string of the molecule is NC(=O)CC[C@@H](NC(=O)c1ccc(Cl)s1)C(=O)O. The molecule has 8 heteroatoms. The van der Waals surface area contributed by atoms with Crippen LogP contribution >= 0.6 is 22.9 Å². The van der Waals surface area contributed by atoms with Gasteiger partial charge >= 0.3 is 5.97 Å². The molecule has 0 saturated heterocycles. The fourth-order valence-electron chi connectivity index (χ4n) is 1.21. The van der Waals surface area contributed by atoms with Crippen molar-refractivity contribution in [2.45, 2.75) is 18.9 Å². The van der Waals surface area contributed by atoms with Crippen molar-refractivity contribution in [3.8, 4) is 0 Å². The molecule has 6 nitrogen and oxygen atoms in total. The maximum atomic E-state index is 11.7. The summed E-state index contributed by atoms with van der Waals surface area (Å²) >= 11 is 6.71. The highest BCUT2D eigenvalue weighted by atomic mass is 35.5. The van der Waals surface area contributed by atoms with Crippen LogP contribution in [0.5, 0.6) is 0 Å². The first-order valence-corrected chi connectivity index (χ1v) is 6.17. The van der Waals surface area contributed by atoms with Crippen molar-refractivity contribution in [1.29, 1.82) is 0 Å². The van der Waals surface area contributed by atoms with E-state index in [-0.39, 0.29) is 12.8 Å². The van der Waals surface area contributed by atoms with Crippen LogP contribution in [0.1, 0.15) is 22.5 Å². The molecule has 0 bridgehead atoms. The molecule has 18 heavy (non-hydrogen) atoms. The molecule has 1 rings (SSSR count). The summed E-state index contributed by atoms with van der Waals surface area (Å²) in [6, 6.07) is 1.89. The van der Waals surface area contributed by atoms with E-state index >= 15 is 0 Å². The molecule has 0 aliphatic rings. The summed E-state index contributed by atoms with van der Waals surface area (Å²) in [7, 11) is 0. The Balaban J connectivity index is 2.63. The summed E-state index contributed by atoms with van der Waals surface area (Å²) in [5.74, 6) is -2.37. The molecule has 0 aliphatic heterocycles. The van der Waals surface area contributed by atoms with E-state index in [0.29, 0.717) is 9.21 Å². The van der Waals surface area contributed by atoms with Gasteiger partial charge in [0, 0.05) is 6.42 Å². The summed E-state index contributed by atoms with van der Waals surface area (Å²) in [4.78, 5) is 33.5. The first kappa shape index (κ1) is 14.5. The van der Waals surface area contributed by atoms with Gasteiger partial charge in [-0.3, -0.25) is 9.59 Å². The highest BCUT2D eigenvalue weighted by Gasteiger charge is 2.21. The zero-order valence-corrected chi connectivity index (χ0v) is 10.8. The second-order valence-corrected chi connectivity index (χ2v) is 5.19. The van der Waals surface area contributed by atoms with E-state index in [1.165, 1.54) is 6.07 Å². The van der Waals surface area contributed by atoms with E-state index in [0.717, 1.165) is 11.3 Å². The van der Waals surface area contributed by atoms with Gasteiger partial charge in [-0.1, -0.05) is 11.6 Å². The highest BCUT2D eigenvalue weighted by Crippen LogP contribution is 2.21. The average Bonchev–Trinajstić information content (AvgIpc) is 2.70. The van der Waals surface area contributed by atoms with Crippen LogP contribution in [-0.2, 0) is 9.59 Å². The molecular weight excluding hydrogens is 280 g/mol. The molecule has 4 N–H and O–H groups in total. The number of rotatable bonds is 6. The molecule has 0 fully saturated rings. The number of amides is 2. The van der Waals surface area contributed by atoms with Crippen molar-refractivity contribution in [2.24, 2.45) is 5.73 Å². The fraction of sp³-hybridized carbons (Fsp3) is 0.300. The molecule has 1 heterocycles. The Hall–Kier alpha value is -1.60. The lowest BCUT2D eigenvalue weighted by Crippen LogP contribution is -2.41. The van der Waals surface area contributed by atoms with E-state index < -0.39 is 23.8 Å². The van der Waals surface area contributed by atoms with Gasteiger partial charge in [0.2, 0.25) is 5.91 Å². The van der Waals surface area contributed by atoms with Crippen molar-refractivity contribution in [3.05, 3.63) is 21.3 Å². The zero-order chi connectivity index (χ0) is 13.7. The Morgan fingerprint density at radius 3 is 2.56 bits per heavy atom. The third kappa shape index (κ3) is 4.34. The molecule has 0 aromatic carbocycles. The summed E-state index contributed by atoms with van der Waals surface area (Å²) < 4.78 is 0.434. The number of aliphatic carboxylic acids is 1. The number of nitrogens with two attached hydrogens (primary N) is 1. The molecule has 1 aromatic heterocycles. The zero-order valence-electron chi connectivity index (χ0n) is 9.18. The maximum Gasteiger partial charge on any atom is 0.326 e. The average molecular weight is 291 g/mol. The van der Waals surface area contributed by atoms with Crippen LogP contribution in [0.3, 0.4) is 0 Å². The third-order valence-corrected chi connectivity index (χ3v) is 3.31. The van der Waals surface area contributed by atoms with Crippen molar-refractivity contribution in [1.82, 2.24) is 5.32 Å². The number of thiophene rings is 1. The van der Waals surface area contributed by atoms with Gasteiger partial charge in [0.1, 0.15) is 6.04 Å². The van der Waals surface area contributed by atoms with Gasteiger partial charge in [-0.2, -0.15) is 0 Å². The Kier molecular flexibility index (Phi) is 5.11. The standard InChI is InChI=1S/C10H11ClN2O4S/c11-7-3-2-6(18-7)9(15)13-5(10(16)17)1-4-8(12)14/h2-3,5H,1,4H2,(H2,12,14)(H,13,15)(H,16,17)/t5-/m1/s1. The molecule has 0 saturated carbocycles. The van der Waals surface area contributed by atoms with Crippen LogP contribution in [0, 0.1) is 0 Å². The minimum absolute atomic E-state index is 0.0461. The molecular formula is C10H11ClN2O4S. The van der Waals surface area contributed by atoms with Crippen LogP contribution < -0.4 is 11.1 Å². The normalized spacial score (nSPS) is 11.8. The monoisotopic (exact) mass is 290 g/mol. The number of halogens is 1. The number of primary amides is 1. The predicted molar refractivity (Wildman–Crippen MR) is 66.6 cm³/mol. The van der Waals surface area contributed by atoms with Crippen LogP contribution in [0.2, 0.25) is 4.34 Å². The van der Waals surface area contributed by atoms with Crippen LogP contribution in [0.25, 0.3) is 0 Å². The number of carboxylic acid groups (broad SMARTS) is 1. The number of carbonyl (C=O) groups is 3. The largest absolute Gasteiger partial charge is 0.480 e. The van der Waals surface area contributed by atoms with Gasteiger partial charge in [0.25, 0.3) is 5.91 Å². The Labute approximate surface area is 112 Å². The number of hydrogen-bond donors (Lipinski definition) is 3. The van der Waals surface area contributed by atoms with Crippen LogP contribution in [-0.4, -0.2) is 28.9 Å². The van der Waals surface area contributed by atoms with Crippen molar-refractivity contribution in [2.75, 3.05) is 0 Å². The lowest BCUT2D eigenvalue weighted by molar-refractivity contribution is -0.139. The first-order chi connectivity index (χ1) is 8.40. The minimum Gasteiger partial charge on any atom is -0.480 e. The summed E-state index contributed by atoms with van der Waals surface area (Å²) in [6.07, 6.45) is -0.155. The molecule has 1 atom stereocenters. The van der Waals surface area contributed by atoms with E-state index in [2.05, 4.69) is 5.32 Å².